The van der Waals surface area contributed by atoms with Crippen LogP contribution in [-0.4, -0.2) is 22.8 Å². The number of alkyl carbamates (subject to hydrolysis) is 1. The second-order valence-corrected chi connectivity index (χ2v) is 6.27. The first-order valence-corrected chi connectivity index (χ1v) is 6.93. The maximum atomic E-state index is 11.9. The summed E-state index contributed by atoms with van der Waals surface area (Å²) in [6, 6.07) is 8.91. The normalized spacial score (nSPS) is 14.8. The van der Waals surface area contributed by atoms with Crippen molar-refractivity contribution in [1.29, 1.82) is 0 Å². The molecule has 4 heteroatoms. The zero-order valence-electron chi connectivity index (χ0n) is 12.9. The van der Waals surface area contributed by atoms with Crippen molar-refractivity contribution < 1.29 is 14.6 Å². The summed E-state index contributed by atoms with van der Waals surface area (Å²) in [5.74, 6) is 0.0812. The minimum atomic E-state index is -0.760. The number of carbonyl (C=O) groups is 1. The van der Waals surface area contributed by atoms with E-state index in [9.17, 15) is 9.90 Å². The lowest BCUT2D eigenvalue weighted by Crippen LogP contribution is -2.45. The van der Waals surface area contributed by atoms with Gasteiger partial charge in [0.1, 0.15) is 5.60 Å². The molecular weight excluding hydrogens is 254 g/mol. The number of hydrogen-bond acceptors (Lipinski definition) is 3. The number of aliphatic hydroxyl groups is 1. The van der Waals surface area contributed by atoms with E-state index in [1.165, 1.54) is 0 Å². The summed E-state index contributed by atoms with van der Waals surface area (Å²) in [6.07, 6.45) is -1.27. The number of aliphatic hydroxyl groups excluding tert-OH is 1. The number of hydrogen-bond donors (Lipinski definition) is 2. The van der Waals surface area contributed by atoms with Crippen molar-refractivity contribution in [3.8, 4) is 0 Å². The van der Waals surface area contributed by atoms with Crippen molar-refractivity contribution in [2.24, 2.45) is 5.92 Å². The van der Waals surface area contributed by atoms with Crippen LogP contribution in [0.2, 0.25) is 0 Å². The molecule has 0 aromatic heterocycles. The molecule has 2 atom stereocenters. The average molecular weight is 279 g/mol. The molecule has 1 rings (SSSR count). The Morgan fingerprint density at radius 3 is 2.20 bits per heavy atom. The number of carbonyl (C=O) groups excluding carboxylic acids is 1. The van der Waals surface area contributed by atoms with Crippen LogP contribution in [0.1, 0.15) is 46.3 Å². The molecule has 4 nitrogen and oxygen atoms in total. The Bertz CT molecular complexity index is 423. The second kappa shape index (κ2) is 6.75. The molecule has 0 bridgehead atoms. The lowest BCUT2D eigenvalue weighted by atomic mass is 9.93. The van der Waals surface area contributed by atoms with Gasteiger partial charge in [0.15, 0.2) is 0 Å². The molecular formula is C16H25NO3. The van der Waals surface area contributed by atoms with Gasteiger partial charge in [-0.1, -0.05) is 44.2 Å². The van der Waals surface area contributed by atoms with Gasteiger partial charge in [0.2, 0.25) is 0 Å². The first-order chi connectivity index (χ1) is 9.20. The van der Waals surface area contributed by atoms with Gasteiger partial charge in [0, 0.05) is 0 Å². The van der Waals surface area contributed by atoms with Crippen molar-refractivity contribution in [3.05, 3.63) is 35.9 Å². The standard InChI is InChI=1S/C16H25NO3/c1-11(2)13(17-15(19)20-16(3,4)5)14(18)12-9-7-6-8-10-12/h6-11,13-14,18H,1-5H3,(H,17,19). The molecule has 2 N–H and O–H groups in total. The molecule has 0 spiro atoms. The first-order valence-electron chi connectivity index (χ1n) is 6.93. The Hall–Kier alpha value is -1.55. The number of ether oxygens (including phenoxy) is 1. The molecule has 20 heavy (non-hydrogen) atoms. The van der Waals surface area contributed by atoms with E-state index >= 15 is 0 Å². The minimum Gasteiger partial charge on any atom is -0.444 e. The van der Waals surface area contributed by atoms with Gasteiger partial charge in [0.05, 0.1) is 12.1 Å². The van der Waals surface area contributed by atoms with Crippen molar-refractivity contribution in [2.75, 3.05) is 0 Å². The van der Waals surface area contributed by atoms with Gasteiger partial charge in [-0.05, 0) is 32.3 Å². The highest BCUT2D eigenvalue weighted by Crippen LogP contribution is 2.22. The van der Waals surface area contributed by atoms with Crippen LogP contribution in [0.3, 0.4) is 0 Å². The summed E-state index contributed by atoms with van der Waals surface area (Å²) in [4.78, 5) is 11.9. The molecule has 0 aliphatic heterocycles. The Kier molecular flexibility index (Phi) is 5.57. The van der Waals surface area contributed by atoms with Crippen molar-refractivity contribution in [2.45, 2.75) is 52.4 Å². The zero-order valence-corrected chi connectivity index (χ0v) is 12.9. The van der Waals surface area contributed by atoms with Crippen LogP contribution in [0.25, 0.3) is 0 Å². The van der Waals surface area contributed by atoms with Crippen molar-refractivity contribution in [3.63, 3.8) is 0 Å². The highest BCUT2D eigenvalue weighted by atomic mass is 16.6. The average Bonchev–Trinajstić information content (AvgIpc) is 2.34. The lowest BCUT2D eigenvalue weighted by molar-refractivity contribution is 0.0374. The fourth-order valence-corrected chi connectivity index (χ4v) is 1.91. The fraction of sp³-hybridized carbons (Fsp3) is 0.562. The largest absolute Gasteiger partial charge is 0.444 e. The van der Waals surface area contributed by atoms with E-state index in [1.54, 1.807) is 0 Å². The molecule has 0 radical (unpaired) electrons. The monoisotopic (exact) mass is 279 g/mol. The van der Waals surface area contributed by atoms with Crippen molar-refractivity contribution >= 4 is 6.09 Å². The van der Waals surface area contributed by atoms with Gasteiger partial charge < -0.3 is 15.2 Å². The van der Waals surface area contributed by atoms with E-state index in [1.807, 2.05) is 65.0 Å². The fourth-order valence-electron chi connectivity index (χ4n) is 1.91. The van der Waals surface area contributed by atoms with Gasteiger partial charge >= 0.3 is 6.09 Å². The van der Waals surface area contributed by atoms with Crippen LogP contribution in [-0.2, 0) is 4.74 Å². The van der Waals surface area contributed by atoms with Crippen LogP contribution >= 0.6 is 0 Å². The second-order valence-electron chi connectivity index (χ2n) is 6.27. The predicted molar refractivity (Wildman–Crippen MR) is 79.4 cm³/mol. The maximum absolute atomic E-state index is 11.9. The molecule has 2 unspecified atom stereocenters. The van der Waals surface area contributed by atoms with E-state index in [0.717, 1.165) is 5.56 Å². The van der Waals surface area contributed by atoms with Crippen LogP contribution < -0.4 is 5.32 Å². The van der Waals surface area contributed by atoms with E-state index in [-0.39, 0.29) is 5.92 Å². The number of rotatable bonds is 4. The molecule has 1 amide bonds. The minimum absolute atomic E-state index is 0.0812. The van der Waals surface area contributed by atoms with Crippen LogP contribution in [0.4, 0.5) is 4.79 Å². The van der Waals surface area contributed by atoms with Gasteiger partial charge in [-0.2, -0.15) is 0 Å². The SMILES string of the molecule is CC(C)C(NC(=O)OC(C)(C)C)C(O)c1ccccc1. The maximum Gasteiger partial charge on any atom is 0.407 e. The topological polar surface area (TPSA) is 58.6 Å². The quantitative estimate of drug-likeness (QED) is 0.889. The lowest BCUT2D eigenvalue weighted by Gasteiger charge is -2.29. The predicted octanol–water partition coefficient (Wildman–Crippen LogP) is 3.27. The Labute approximate surface area is 121 Å². The molecule has 0 aliphatic rings. The van der Waals surface area contributed by atoms with E-state index in [0.29, 0.717) is 0 Å². The third-order valence-corrected chi connectivity index (χ3v) is 2.88. The van der Waals surface area contributed by atoms with Crippen LogP contribution in [0, 0.1) is 5.92 Å². The van der Waals surface area contributed by atoms with Gasteiger partial charge in [-0.3, -0.25) is 0 Å². The van der Waals surface area contributed by atoms with Crippen LogP contribution in [0.15, 0.2) is 30.3 Å². The molecule has 0 saturated carbocycles. The summed E-state index contributed by atoms with van der Waals surface area (Å²) in [7, 11) is 0. The van der Waals surface area contributed by atoms with Gasteiger partial charge in [-0.15, -0.1) is 0 Å². The summed E-state index contributed by atoms with van der Waals surface area (Å²) in [6.45, 7) is 9.34. The van der Waals surface area contributed by atoms with Gasteiger partial charge in [-0.25, -0.2) is 4.79 Å². The smallest absolute Gasteiger partial charge is 0.407 e. The Balaban J connectivity index is 2.77. The molecule has 0 fully saturated rings. The highest BCUT2D eigenvalue weighted by molar-refractivity contribution is 5.68. The van der Waals surface area contributed by atoms with E-state index in [4.69, 9.17) is 4.74 Å². The summed E-state index contributed by atoms with van der Waals surface area (Å²) in [5.41, 5.74) is 0.228. The number of benzene rings is 1. The third kappa shape index (κ3) is 5.21. The molecule has 0 heterocycles. The molecule has 1 aromatic rings. The summed E-state index contributed by atoms with van der Waals surface area (Å²) >= 11 is 0. The Morgan fingerprint density at radius 1 is 1.20 bits per heavy atom. The zero-order chi connectivity index (χ0) is 15.3. The molecule has 112 valence electrons. The first kappa shape index (κ1) is 16.5. The molecule has 0 saturated heterocycles. The number of nitrogens with one attached hydrogen (secondary N) is 1. The molecule has 0 aliphatic carbocycles. The van der Waals surface area contributed by atoms with Gasteiger partial charge in [0.25, 0.3) is 0 Å². The van der Waals surface area contributed by atoms with Crippen LogP contribution in [0.5, 0.6) is 0 Å². The summed E-state index contributed by atoms with van der Waals surface area (Å²) in [5, 5.41) is 13.2. The number of amides is 1. The molecule has 1 aromatic carbocycles. The Morgan fingerprint density at radius 2 is 1.75 bits per heavy atom. The van der Waals surface area contributed by atoms with E-state index < -0.39 is 23.8 Å². The third-order valence-electron chi connectivity index (χ3n) is 2.88. The van der Waals surface area contributed by atoms with Crippen molar-refractivity contribution in [1.82, 2.24) is 5.32 Å². The summed E-state index contributed by atoms with van der Waals surface area (Å²) < 4.78 is 5.24. The van der Waals surface area contributed by atoms with E-state index in [2.05, 4.69) is 5.32 Å². The highest BCUT2D eigenvalue weighted by Gasteiger charge is 2.27.